The molecule has 108 valence electrons. The van der Waals surface area contributed by atoms with Crippen molar-refractivity contribution in [3.63, 3.8) is 0 Å². The van der Waals surface area contributed by atoms with Crippen LogP contribution in [0.2, 0.25) is 0 Å². The lowest BCUT2D eigenvalue weighted by Gasteiger charge is -2.34. The number of anilines is 1. The molecule has 0 bridgehead atoms. The van der Waals surface area contributed by atoms with Crippen molar-refractivity contribution < 1.29 is 18.0 Å². The molecular formula is C13H14F3N3O. The number of carbonyl (C=O) groups is 1. The Morgan fingerprint density at radius 1 is 1.25 bits per heavy atom. The van der Waals surface area contributed by atoms with E-state index in [4.69, 9.17) is 0 Å². The Hall–Kier alpha value is -1.79. The van der Waals surface area contributed by atoms with E-state index in [1.165, 1.54) is 0 Å². The third-order valence-electron chi connectivity index (χ3n) is 3.77. The van der Waals surface area contributed by atoms with Gasteiger partial charge in [0.15, 0.2) is 11.6 Å². The highest BCUT2D eigenvalue weighted by molar-refractivity contribution is 5.99. The van der Waals surface area contributed by atoms with Crippen LogP contribution >= 0.6 is 0 Å². The largest absolute Gasteiger partial charge is 0.433 e. The number of aromatic amines is 1. The van der Waals surface area contributed by atoms with Crippen LogP contribution in [0.15, 0.2) is 11.3 Å². The molecule has 4 nitrogen and oxygen atoms in total. The molecule has 0 unspecified atom stereocenters. The summed E-state index contributed by atoms with van der Waals surface area (Å²) in [6, 6.07) is 0. The number of hydrogen-bond acceptors (Lipinski definition) is 3. The molecule has 2 N–H and O–H groups in total. The number of allylic oxidation sites excluding steroid dienone is 2. The lowest BCUT2D eigenvalue weighted by molar-refractivity contribution is -0.141. The van der Waals surface area contributed by atoms with Gasteiger partial charge in [0.05, 0.1) is 0 Å². The number of rotatable bonds is 0. The fourth-order valence-electron chi connectivity index (χ4n) is 2.88. The number of nitrogens with zero attached hydrogens (tertiary/aromatic N) is 1. The Morgan fingerprint density at radius 2 is 1.95 bits per heavy atom. The predicted octanol–water partition coefficient (Wildman–Crippen LogP) is 3.04. The van der Waals surface area contributed by atoms with E-state index in [1.54, 1.807) is 0 Å². The van der Waals surface area contributed by atoms with Crippen LogP contribution in [0.5, 0.6) is 0 Å². The van der Waals surface area contributed by atoms with Crippen molar-refractivity contribution in [1.82, 2.24) is 10.2 Å². The first kappa shape index (κ1) is 13.2. The van der Waals surface area contributed by atoms with E-state index in [-0.39, 0.29) is 29.0 Å². The zero-order chi connectivity index (χ0) is 14.7. The van der Waals surface area contributed by atoms with E-state index in [2.05, 4.69) is 10.4 Å². The highest BCUT2D eigenvalue weighted by Gasteiger charge is 2.42. The molecule has 3 rings (SSSR count). The van der Waals surface area contributed by atoms with Crippen molar-refractivity contribution >= 4 is 11.6 Å². The molecule has 0 aromatic carbocycles. The van der Waals surface area contributed by atoms with Gasteiger partial charge in [0.25, 0.3) is 0 Å². The fourth-order valence-corrected chi connectivity index (χ4v) is 2.88. The van der Waals surface area contributed by atoms with Crippen molar-refractivity contribution in [1.29, 1.82) is 0 Å². The van der Waals surface area contributed by atoms with Crippen molar-refractivity contribution in [2.45, 2.75) is 39.3 Å². The van der Waals surface area contributed by atoms with Crippen molar-refractivity contribution in [2.24, 2.45) is 5.41 Å². The van der Waals surface area contributed by atoms with E-state index in [1.807, 2.05) is 18.9 Å². The number of hydrogen-bond donors (Lipinski definition) is 2. The molecule has 1 aliphatic heterocycles. The van der Waals surface area contributed by atoms with Crippen molar-refractivity contribution in [3.05, 3.63) is 22.5 Å². The zero-order valence-corrected chi connectivity index (χ0v) is 11.1. The van der Waals surface area contributed by atoms with Crippen LogP contribution < -0.4 is 5.32 Å². The van der Waals surface area contributed by atoms with E-state index in [0.717, 1.165) is 0 Å². The first-order chi connectivity index (χ1) is 9.17. The average molecular weight is 285 g/mol. The summed E-state index contributed by atoms with van der Waals surface area (Å²) < 4.78 is 38.6. The van der Waals surface area contributed by atoms with Gasteiger partial charge in [0.1, 0.15) is 5.69 Å². The summed E-state index contributed by atoms with van der Waals surface area (Å²) in [6.45, 7) is 3.94. The summed E-state index contributed by atoms with van der Waals surface area (Å²) in [5.41, 5.74) is 0.153. The molecule has 1 aromatic heterocycles. The number of alkyl halides is 3. The molecular weight excluding hydrogens is 271 g/mol. The third-order valence-corrected chi connectivity index (χ3v) is 3.77. The van der Waals surface area contributed by atoms with E-state index in [0.29, 0.717) is 24.1 Å². The Kier molecular flexibility index (Phi) is 2.55. The number of carbonyl (C=O) groups excluding carboxylic acids is 1. The van der Waals surface area contributed by atoms with Crippen LogP contribution in [-0.4, -0.2) is 16.0 Å². The normalized spacial score (nSPS) is 21.4. The minimum Gasteiger partial charge on any atom is -0.342 e. The number of Topliss-reactive ketones (excluding diaryl/α,β-unsaturated/α-hetero) is 1. The summed E-state index contributed by atoms with van der Waals surface area (Å²) >= 11 is 0. The van der Waals surface area contributed by atoms with Gasteiger partial charge >= 0.3 is 6.18 Å². The van der Waals surface area contributed by atoms with Gasteiger partial charge in [-0.2, -0.15) is 18.3 Å². The molecule has 1 aromatic rings. The van der Waals surface area contributed by atoms with Gasteiger partial charge in [0, 0.05) is 29.7 Å². The maximum absolute atomic E-state index is 12.9. The summed E-state index contributed by atoms with van der Waals surface area (Å²) in [7, 11) is 0. The predicted molar refractivity (Wildman–Crippen MR) is 66.0 cm³/mol. The third kappa shape index (κ3) is 2.01. The molecule has 0 atom stereocenters. The minimum atomic E-state index is -4.49. The Morgan fingerprint density at radius 3 is 2.60 bits per heavy atom. The monoisotopic (exact) mass is 285 g/mol. The number of ketones is 1. The highest BCUT2D eigenvalue weighted by atomic mass is 19.4. The van der Waals surface area contributed by atoms with Gasteiger partial charge in [-0.25, -0.2) is 0 Å². The van der Waals surface area contributed by atoms with Crippen LogP contribution in [0, 0.1) is 5.41 Å². The number of aromatic nitrogens is 2. The Bertz CT molecular complexity index is 625. The van der Waals surface area contributed by atoms with Crippen LogP contribution in [0.25, 0.3) is 0 Å². The molecule has 0 fully saturated rings. The van der Waals surface area contributed by atoms with E-state index < -0.39 is 11.9 Å². The highest BCUT2D eigenvalue weighted by Crippen LogP contribution is 2.43. The number of H-pyrrole nitrogens is 1. The number of nitrogens with one attached hydrogen (secondary N) is 2. The molecule has 0 spiro atoms. The van der Waals surface area contributed by atoms with Gasteiger partial charge in [-0.1, -0.05) is 13.8 Å². The second-order valence-corrected chi connectivity index (χ2v) is 6.12. The standard InChI is InChI=1S/C13H14F3N3O/c1-12(2)4-8-6(9(20)5-12)3-7-10(13(14,15)16)18-19-11(7)17-8/h3-5H2,1-2H3,(H2,17,18,19). The van der Waals surface area contributed by atoms with Gasteiger partial charge in [-0.15, -0.1) is 0 Å². The molecule has 1 aliphatic carbocycles. The van der Waals surface area contributed by atoms with E-state index in [9.17, 15) is 18.0 Å². The zero-order valence-electron chi connectivity index (χ0n) is 11.1. The first-order valence-corrected chi connectivity index (χ1v) is 6.34. The topological polar surface area (TPSA) is 57.8 Å². The SMILES string of the molecule is CC1(C)CC(=O)C2=C(C1)Nc1n[nH]c(C(F)(F)F)c1C2. The second kappa shape index (κ2) is 3.86. The summed E-state index contributed by atoms with van der Waals surface area (Å²) in [4.78, 5) is 12.1. The van der Waals surface area contributed by atoms with Gasteiger partial charge in [-0.3, -0.25) is 9.89 Å². The molecule has 2 heterocycles. The minimum absolute atomic E-state index is 0.00206. The first-order valence-electron chi connectivity index (χ1n) is 6.34. The van der Waals surface area contributed by atoms with Crippen LogP contribution in [0.1, 0.15) is 37.9 Å². The molecule has 0 amide bonds. The smallest absolute Gasteiger partial charge is 0.342 e. The molecule has 20 heavy (non-hydrogen) atoms. The van der Waals surface area contributed by atoms with Crippen LogP contribution in [-0.2, 0) is 17.4 Å². The molecule has 7 heteroatoms. The molecule has 0 radical (unpaired) electrons. The molecule has 2 aliphatic rings. The van der Waals surface area contributed by atoms with Crippen molar-refractivity contribution in [3.8, 4) is 0 Å². The van der Waals surface area contributed by atoms with Gasteiger partial charge < -0.3 is 5.32 Å². The lowest BCUT2D eigenvalue weighted by Crippen LogP contribution is -2.31. The fraction of sp³-hybridized carbons (Fsp3) is 0.538. The Labute approximate surface area is 113 Å². The molecule has 0 saturated heterocycles. The van der Waals surface area contributed by atoms with Crippen LogP contribution in [0.4, 0.5) is 19.0 Å². The lowest BCUT2D eigenvalue weighted by atomic mass is 9.74. The quantitative estimate of drug-likeness (QED) is 0.770. The average Bonchev–Trinajstić information content (AvgIpc) is 2.67. The summed E-state index contributed by atoms with van der Waals surface area (Å²) in [5, 5.41) is 8.61. The second-order valence-electron chi connectivity index (χ2n) is 6.12. The maximum atomic E-state index is 12.9. The number of halogens is 3. The van der Waals surface area contributed by atoms with Gasteiger partial charge in [-0.05, 0) is 11.8 Å². The number of fused-ring (bicyclic) bond motifs is 1. The van der Waals surface area contributed by atoms with E-state index >= 15 is 0 Å². The summed E-state index contributed by atoms with van der Waals surface area (Å²) in [6.07, 6.45) is -3.49. The van der Waals surface area contributed by atoms with Crippen LogP contribution in [0.3, 0.4) is 0 Å². The maximum Gasteiger partial charge on any atom is 0.433 e. The summed E-state index contributed by atoms with van der Waals surface area (Å²) in [5.74, 6) is 0.102. The van der Waals surface area contributed by atoms with Gasteiger partial charge in [0.2, 0.25) is 0 Å². The molecule has 0 saturated carbocycles. The Balaban J connectivity index is 2.01. The van der Waals surface area contributed by atoms with Crippen molar-refractivity contribution in [2.75, 3.05) is 5.32 Å².